The Morgan fingerprint density at radius 3 is 2.75 bits per heavy atom. The van der Waals surface area contributed by atoms with Gasteiger partial charge in [0.2, 0.25) is 5.89 Å². The van der Waals surface area contributed by atoms with Crippen LogP contribution in [-0.2, 0) is 5.54 Å². The van der Waals surface area contributed by atoms with Gasteiger partial charge < -0.3 is 14.6 Å². The van der Waals surface area contributed by atoms with E-state index in [-0.39, 0.29) is 12.5 Å². The number of ether oxygens (including phenoxy) is 1. The second kappa shape index (κ2) is 7.53. The smallest absolute Gasteiger partial charge is 0.252 e. The van der Waals surface area contributed by atoms with Gasteiger partial charge in [-0.3, -0.25) is 4.79 Å². The molecule has 2 saturated carbocycles. The molecule has 0 saturated heterocycles. The molecule has 0 bridgehead atoms. The summed E-state index contributed by atoms with van der Waals surface area (Å²) >= 11 is 0. The first kappa shape index (κ1) is 18.9. The highest BCUT2D eigenvalue weighted by molar-refractivity contribution is 5.95. The fraction of sp³-hybridized carbons (Fsp3) is 0.571. The maximum absolute atomic E-state index is 13.0. The number of carbonyl (C=O) groups is 1. The molecule has 0 spiro atoms. The van der Waals surface area contributed by atoms with Crippen molar-refractivity contribution in [1.82, 2.24) is 15.5 Å². The average molecular weight is 387 g/mol. The topological polar surface area (TPSA) is 77.2 Å². The molecule has 28 heavy (non-hydrogen) atoms. The Morgan fingerprint density at radius 1 is 1.36 bits per heavy atom. The molecular weight excluding hydrogens is 361 g/mol. The fourth-order valence-electron chi connectivity index (χ4n) is 3.62. The summed E-state index contributed by atoms with van der Waals surface area (Å²) in [6.45, 7) is 3.11. The van der Waals surface area contributed by atoms with Gasteiger partial charge in [0.1, 0.15) is 24.6 Å². The maximum Gasteiger partial charge on any atom is 0.252 e. The van der Waals surface area contributed by atoms with Crippen LogP contribution in [0.4, 0.5) is 4.39 Å². The minimum absolute atomic E-state index is 0.00762. The molecule has 1 aromatic carbocycles. The molecule has 2 aliphatic carbocycles. The number of halogens is 1. The number of amides is 1. The number of benzene rings is 1. The van der Waals surface area contributed by atoms with Crippen molar-refractivity contribution < 1.29 is 18.4 Å². The number of rotatable bonds is 9. The van der Waals surface area contributed by atoms with E-state index >= 15 is 0 Å². The second-order valence-corrected chi connectivity index (χ2v) is 8.14. The Kier molecular flexibility index (Phi) is 5.08. The van der Waals surface area contributed by atoms with Crippen LogP contribution < -0.4 is 10.1 Å². The molecule has 150 valence electrons. The van der Waals surface area contributed by atoms with Gasteiger partial charge in [0.15, 0.2) is 5.82 Å². The van der Waals surface area contributed by atoms with Crippen LogP contribution in [0, 0.1) is 12.8 Å². The molecule has 0 radical (unpaired) electrons. The van der Waals surface area contributed by atoms with Crippen LogP contribution in [0.25, 0.3) is 0 Å². The number of nitrogens with one attached hydrogen (secondary N) is 1. The predicted octanol–water partition coefficient (Wildman–Crippen LogP) is 4.05. The van der Waals surface area contributed by atoms with Crippen molar-refractivity contribution in [3.8, 4) is 5.75 Å². The van der Waals surface area contributed by atoms with Gasteiger partial charge in [0.05, 0.1) is 0 Å². The Bertz CT molecular complexity index is 860. The van der Waals surface area contributed by atoms with Gasteiger partial charge in [-0.05, 0) is 55.7 Å². The molecule has 2 fully saturated rings. The standard InChI is InChI=1S/C21H26FN3O3/c1-13-23-20(25-28-13)21(2,12-14-3-4-14)24-19(26)16-7-8-17(15-5-6-15)18(11-16)27-10-9-22/h7-8,11,14-15H,3-6,9-10,12H2,1-2H3,(H,24,26)/t21-/m0/s1. The summed E-state index contributed by atoms with van der Waals surface area (Å²) in [4.78, 5) is 17.4. The lowest BCUT2D eigenvalue weighted by atomic mass is 9.93. The van der Waals surface area contributed by atoms with E-state index in [1.54, 1.807) is 13.0 Å². The minimum atomic E-state index is -0.703. The zero-order valence-electron chi connectivity index (χ0n) is 16.3. The van der Waals surface area contributed by atoms with Gasteiger partial charge in [0.25, 0.3) is 5.91 Å². The Morgan fingerprint density at radius 2 is 2.14 bits per heavy atom. The third-order valence-electron chi connectivity index (χ3n) is 5.43. The van der Waals surface area contributed by atoms with E-state index in [1.807, 2.05) is 19.1 Å². The van der Waals surface area contributed by atoms with Gasteiger partial charge in [-0.1, -0.05) is 24.1 Å². The highest BCUT2D eigenvalue weighted by atomic mass is 19.1. The largest absolute Gasteiger partial charge is 0.491 e. The number of aryl methyl sites for hydroxylation is 1. The molecular formula is C21H26FN3O3. The molecule has 4 rings (SSSR count). The number of nitrogens with zero attached hydrogens (tertiary/aromatic N) is 2. The van der Waals surface area contributed by atoms with Crippen LogP contribution in [0.3, 0.4) is 0 Å². The van der Waals surface area contributed by atoms with Crippen LogP contribution in [0.15, 0.2) is 22.7 Å². The quantitative estimate of drug-likeness (QED) is 0.702. The van der Waals surface area contributed by atoms with E-state index < -0.39 is 12.2 Å². The lowest BCUT2D eigenvalue weighted by Crippen LogP contribution is -2.44. The van der Waals surface area contributed by atoms with Crippen LogP contribution in [0.2, 0.25) is 0 Å². The first-order valence-corrected chi connectivity index (χ1v) is 9.94. The number of carbonyl (C=O) groups excluding carboxylic acids is 1. The molecule has 1 heterocycles. The summed E-state index contributed by atoms with van der Waals surface area (Å²) < 4.78 is 23.3. The highest BCUT2D eigenvalue weighted by Gasteiger charge is 2.39. The molecule has 6 nitrogen and oxygen atoms in total. The Labute approximate surface area is 163 Å². The molecule has 1 atom stereocenters. The Balaban J connectivity index is 1.56. The molecule has 0 aliphatic heterocycles. The van der Waals surface area contributed by atoms with E-state index in [0.29, 0.717) is 34.9 Å². The fourth-order valence-corrected chi connectivity index (χ4v) is 3.62. The maximum atomic E-state index is 13.0. The molecule has 1 N–H and O–H groups in total. The van der Waals surface area contributed by atoms with E-state index in [0.717, 1.165) is 37.7 Å². The van der Waals surface area contributed by atoms with Crippen molar-refractivity contribution in [1.29, 1.82) is 0 Å². The zero-order valence-corrected chi connectivity index (χ0v) is 16.3. The van der Waals surface area contributed by atoms with Gasteiger partial charge >= 0.3 is 0 Å². The van der Waals surface area contributed by atoms with Gasteiger partial charge in [-0.25, -0.2) is 4.39 Å². The molecule has 7 heteroatoms. The van der Waals surface area contributed by atoms with Crippen LogP contribution in [-0.4, -0.2) is 29.3 Å². The summed E-state index contributed by atoms with van der Waals surface area (Å²) in [5.41, 5.74) is 0.838. The van der Waals surface area contributed by atoms with E-state index in [2.05, 4.69) is 15.5 Å². The van der Waals surface area contributed by atoms with Crippen molar-refractivity contribution in [3.05, 3.63) is 41.0 Å². The van der Waals surface area contributed by atoms with E-state index in [1.165, 1.54) is 0 Å². The van der Waals surface area contributed by atoms with Gasteiger partial charge in [-0.2, -0.15) is 4.98 Å². The molecule has 1 aromatic heterocycles. The normalized spacial score (nSPS) is 18.5. The third kappa shape index (κ3) is 4.18. The van der Waals surface area contributed by atoms with Crippen molar-refractivity contribution in [2.45, 2.75) is 57.4 Å². The summed E-state index contributed by atoms with van der Waals surface area (Å²) in [5.74, 6) is 2.36. The number of aromatic nitrogens is 2. The van der Waals surface area contributed by atoms with Crippen LogP contribution in [0.1, 0.15) is 72.6 Å². The molecule has 1 amide bonds. The Hall–Kier alpha value is -2.44. The van der Waals surface area contributed by atoms with Crippen molar-refractivity contribution in [2.75, 3.05) is 13.3 Å². The van der Waals surface area contributed by atoms with Crippen molar-refractivity contribution in [2.24, 2.45) is 5.92 Å². The average Bonchev–Trinajstić information content (AvgIpc) is 3.60. The molecule has 2 aliphatic rings. The number of hydrogen-bond acceptors (Lipinski definition) is 5. The first-order chi connectivity index (χ1) is 13.5. The summed E-state index contributed by atoms with van der Waals surface area (Å²) in [6, 6.07) is 5.46. The third-order valence-corrected chi connectivity index (χ3v) is 5.43. The van der Waals surface area contributed by atoms with Gasteiger partial charge in [-0.15, -0.1) is 0 Å². The highest BCUT2D eigenvalue weighted by Crippen LogP contribution is 2.45. The van der Waals surface area contributed by atoms with E-state index in [4.69, 9.17) is 9.26 Å². The number of alkyl halides is 1. The van der Waals surface area contributed by atoms with Crippen LogP contribution >= 0.6 is 0 Å². The lowest BCUT2D eigenvalue weighted by Gasteiger charge is -2.28. The van der Waals surface area contributed by atoms with Crippen LogP contribution in [0.5, 0.6) is 5.75 Å². The lowest BCUT2D eigenvalue weighted by molar-refractivity contribution is 0.0889. The van der Waals surface area contributed by atoms with Gasteiger partial charge in [0, 0.05) is 12.5 Å². The minimum Gasteiger partial charge on any atom is -0.491 e. The molecule has 2 aromatic rings. The summed E-state index contributed by atoms with van der Waals surface area (Å²) in [5, 5.41) is 7.16. The summed E-state index contributed by atoms with van der Waals surface area (Å²) in [6.07, 6.45) is 5.28. The SMILES string of the molecule is Cc1nc([C@](C)(CC2CC2)NC(=O)c2ccc(C3CC3)c(OCCF)c2)no1. The molecule has 0 unspecified atom stereocenters. The second-order valence-electron chi connectivity index (χ2n) is 8.14. The summed E-state index contributed by atoms with van der Waals surface area (Å²) in [7, 11) is 0. The van der Waals surface area contributed by atoms with Crippen molar-refractivity contribution >= 4 is 5.91 Å². The number of hydrogen-bond donors (Lipinski definition) is 1. The monoisotopic (exact) mass is 387 g/mol. The van der Waals surface area contributed by atoms with Crippen molar-refractivity contribution in [3.63, 3.8) is 0 Å². The van der Waals surface area contributed by atoms with E-state index in [9.17, 15) is 9.18 Å². The zero-order chi connectivity index (χ0) is 19.7. The predicted molar refractivity (Wildman–Crippen MR) is 101 cm³/mol. The first-order valence-electron chi connectivity index (χ1n) is 9.94.